The maximum absolute atomic E-state index is 11.9. The molecule has 0 aliphatic rings. The predicted molar refractivity (Wildman–Crippen MR) is 68.4 cm³/mol. The van der Waals surface area contributed by atoms with Gasteiger partial charge in [0.25, 0.3) is 0 Å². The monoisotopic (exact) mass is 260 g/mol. The van der Waals surface area contributed by atoms with Crippen molar-refractivity contribution in [2.75, 3.05) is 19.7 Å². The summed E-state index contributed by atoms with van der Waals surface area (Å²) < 4.78 is 0. The molecule has 0 fully saturated rings. The number of carbonyl (C=O) groups is 2. The number of aliphatic hydroxyl groups is 1. The number of carboxylic acid groups (broad SMARTS) is 1. The Bertz CT molecular complexity index is 250. The highest BCUT2D eigenvalue weighted by atomic mass is 16.4. The van der Waals surface area contributed by atoms with Crippen molar-refractivity contribution in [3.63, 3.8) is 0 Å². The van der Waals surface area contributed by atoms with Gasteiger partial charge in [-0.05, 0) is 12.8 Å². The van der Waals surface area contributed by atoms with E-state index in [1.807, 2.05) is 13.8 Å². The third kappa shape index (κ3) is 6.44. The van der Waals surface area contributed by atoms with Crippen molar-refractivity contribution in [3.8, 4) is 0 Å². The first-order valence-corrected chi connectivity index (χ1v) is 6.45. The van der Waals surface area contributed by atoms with E-state index in [2.05, 4.69) is 5.32 Å². The Labute approximate surface area is 108 Å². The van der Waals surface area contributed by atoms with Crippen LogP contribution in [0.15, 0.2) is 0 Å². The molecule has 0 aromatic rings. The second-order valence-corrected chi connectivity index (χ2v) is 4.22. The second-order valence-electron chi connectivity index (χ2n) is 4.22. The fourth-order valence-electron chi connectivity index (χ4n) is 1.44. The van der Waals surface area contributed by atoms with Crippen molar-refractivity contribution < 1.29 is 19.8 Å². The summed E-state index contributed by atoms with van der Waals surface area (Å²) in [5, 5.41) is 19.9. The lowest BCUT2D eigenvalue weighted by Gasteiger charge is -2.24. The quantitative estimate of drug-likeness (QED) is 0.578. The molecule has 1 atom stereocenters. The molecule has 106 valence electrons. The molecule has 6 heteroatoms. The first kappa shape index (κ1) is 16.7. The van der Waals surface area contributed by atoms with E-state index in [0.717, 1.165) is 25.7 Å². The highest BCUT2D eigenvalue weighted by molar-refractivity contribution is 5.82. The molecule has 0 radical (unpaired) electrons. The smallest absolute Gasteiger partial charge is 0.328 e. The van der Waals surface area contributed by atoms with Crippen LogP contribution in [-0.4, -0.2) is 52.9 Å². The summed E-state index contributed by atoms with van der Waals surface area (Å²) in [6, 6.07) is -1.65. The lowest BCUT2D eigenvalue weighted by Crippen LogP contribution is -2.50. The minimum atomic E-state index is -1.23. The Balaban J connectivity index is 4.37. The van der Waals surface area contributed by atoms with Gasteiger partial charge in [-0.3, -0.25) is 0 Å². The minimum Gasteiger partial charge on any atom is -0.480 e. The molecule has 0 aromatic carbocycles. The van der Waals surface area contributed by atoms with E-state index in [0.29, 0.717) is 13.1 Å². The highest BCUT2D eigenvalue weighted by Crippen LogP contribution is 2.00. The molecule has 0 unspecified atom stereocenters. The van der Waals surface area contributed by atoms with Gasteiger partial charge in [0, 0.05) is 13.1 Å². The average molecular weight is 260 g/mol. The number of nitrogens with zero attached hydrogens (tertiary/aromatic N) is 1. The predicted octanol–water partition coefficient (Wildman–Crippen LogP) is 1.04. The van der Waals surface area contributed by atoms with Gasteiger partial charge in [0.2, 0.25) is 0 Å². The van der Waals surface area contributed by atoms with Crippen molar-refractivity contribution in [2.24, 2.45) is 0 Å². The van der Waals surface area contributed by atoms with E-state index in [9.17, 15) is 9.59 Å². The summed E-state index contributed by atoms with van der Waals surface area (Å²) in [6.07, 6.45) is 3.71. The number of unbranched alkanes of at least 4 members (excludes halogenated alkanes) is 2. The van der Waals surface area contributed by atoms with E-state index < -0.39 is 24.6 Å². The van der Waals surface area contributed by atoms with Crippen LogP contribution in [0.2, 0.25) is 0 Å². The van der Waals surface area contributed by atoms with Crippen LogP contribution in [0.1, 0.15) is 39.5 Å². The minimum absolute atomic E-state index is 0.418. The summed E-state index contributed by atoms with van der Waals surface area (Å²) in [6.45, 7) is 4.68. The van der Waals surface area contributed by atoms with Crippen molar-refractivity contribution in [1.82, 2.24) is 10.2 Å². The molecular formula is C12H24N2O4. The number of hydrogen-bond donors (Lipinski definition) is 3. The lowest BCUT2D eigenvalue weighted by atomic mass is 10.2. The van der Waals surface area contributed by atoms with Crippen LogP contribution < -0.4 is 5.32 Å². The molecule has 0 aromatic heterocycles. The summed E-state index contributed by atoms with van der Waals surface area (Å²) in [4.78, 5) is 24.2. The Hall–Kier alpha value is -1.30. The van der Waals surface area contributed by atoms with Crippen LogP contribution in [-0.2, 0) is 4.79 Å². The number of aliphatic carboxylic acids is 1. The third-order valence-corrected chi connectivity index (χ3v) is 2.63. The van der Waals surface area contributed by atoms with E-state index in [1.54, 1.807) is 4.90 Å². The van der Waals surface area contributed by atoms with E-state index in [1.165, 1.54) is 0 Å². The fourth-order valence-corrected chi connectivity index (χ4v) is 1.44. The van der Waals surface area contributed by atoms with Gasteiger partial charge in [-0.2, -0.15) is 0 Å². The third-order valence-electron chi connectivity index (χ3n) is 2.63. The molecule has 0 saturated carbocycles. The largest absolute Gasteiger partial charge is 0.480 e. The number of aliphatic hydroxyl groups excluding tert-OH is 1. The van der Waals surface area contributed by atoms with Crippen LogP contribution >= 0.6 is 0 Å². The molecule has 0 aliphatic heterocycles. The number of rotatable bonds is 9. The molecule has 0 saturated heterocycles. The number of carbonyl (C=O) groups excluding carboxylic acids is 1. The molecule has 0 aliphatic carbocycles. The van der Waals surface area contributed by atoms with Gasteiger partial charge in [-0.15, -0.1) is 0 Å². The first-order valence-electron chi connectivity index (χ1n) is 6.45. The summed E-state index contributed by atoms with van der Waals surface area (Å²) in [5.74, 6) is -1.23. The zero-order valence-electron chi connectivity index (χ0n) is 11.2. The Kier molecular flexibility index (Phi) is 9.00. The van der Waals surface area contributed by atoms with Gasteiger partial charge < -0.3 is 20.4 Å². The zero-order valence-corrected chi connectivity index (χ0v) is 11.2. The molecule has 0 heterocycles. The van der Waals surface area contributed by atoms with Gasteiger partial charge in [0.05, 0.1) is 6.61 Å². The van der Waals surface area contributed by atoms with E-state index in [4.69, 9.17) is 10.2 Å². The van der Waals surface area contributed by atoms with E-state index in [-0.39, 0.29) is 0 Å². The van der Waals surface area contributed by atoms with Gasteiger partial charge in [0.1, 0.15) is 0 Å². The second kappa shape index (κ2) is 9.70. The molecule has 0 rings (SSSR count). The van der Waals surface area contributed by atoms with Crippen molar-refractivity contribution in [3.05, 3.63) is 0 Å². The molecule has 0 spiro atoms. The van der Waals surface area contributed by atoms with Crippen molar-refractivity contribution >= 4 is 12.0 Å². The average Bonchev–Trinajstić information content (AvgIpc) is 2.35. The number of nitrogens with one attached hydrogen (secondary N) is 1. The van der Waals surface area contributed by atoms with Crippen LogP contribution in [0, 0.1) is 0 Å². The highest BCUT2D eigenvalue weighted by Gasteiger charge is 2.21. The summed E-state index contributed by atoms with van der Waals surface area (Å²) in [7, 11) is 0. The molecule has 6 nitrogen and oxygen atoms in total. The van der Waals surface area contributed by atoms with Gasteiger partial charge in [0.15, 0.2) is 6.04 Å². The van der Waals surface area contributed by atoms with Crippen LogP contribution in [0.5, 0.6) is 0 Å². The number of amides is 2. The Morgan fingerprint density at radius 1 is 1.17 bits per heavy atom. The zero-order chi connectivity index (χ0) is 14.0. The number of hydrogen-bond acceptors (Lipinski definition) is 3. The lowest BCUT2D eigenvalue weighted by molar-refractivity contribution is -0.140. The normalized spacial score (nSPS) is 11.9. The molecule has 2 amide bonds. The SMILES string of the molecule is CCCCN(CCCC)C(=O)N[C@H](CO)C(=O)O. The maximum atomic E-state index is 11.9. The fraction of sp³-hybridized carbons (Fsp3) is 0.833. The van der Waals surface area contributed by atoms with Crippen molar-refractivity contribution in [2.45, 2.75) is 45.6 Å². The van der Waals surface area contributed by atoms with Gasteiger partial charge in [-0.1, -0.05) is 26.7 Å². The summed E-state index contributed by atoms with van der Waals surface area (Å²) >= 11 is 0. The molecule has 0 bridgehead atoms. The van der Waals surface area contributed by atoms with Crippen LogP contribution in [0.25, 0.3) is 0 Å². The molecular weight excluding hydrogens is 236 g/mol. The maximum Gasteiger partial charge on any atom is 0.328 e. The van der Waals surface area contributed by atoms with Gasteiger partial charge >= 0.3 is 12.0 Å². The Morgan fingerprint density at radius 3 is 2.00 bits per heavy atom. The topological polar surface area (TPSA) is 89.9 Å². The molecule has 3 N–H and O–H groups in total. The van der Waals surface area contributed by atoms with Crippen molar-refractivity contribution in [1.29, 1.82) is 0 Å². The van der Waals surface area contributed by atoms with Crippen LogP contribution in [0.3, 0.4) is 0 Å². The Morgan fingerprint density at radius 2 is 1.67 bits per heavy atom. The van der Waals surface area contributed by atoms with Gasteiger partial charge in [-0.25, -0.2) is 9.59 Å². The summed E-state index contributed by atoms with van der Waals surface area (Å²) in [5.41, 5.74) is 0. The van der Waals surface area contributed by atoms with Crippen LogP contribution in [0.4, 0.5) is 4.79 Å². The number of urea groups is 1. The molecule has 18 heavy (non-hydrogen) atoms. The van der Waals surface area contributed by atoms with E-state index >= 15 is 0 Å². The first-order chi connectivity index (χ1) is 8.56. The standard InChI is InChI=1S/C12H24N2O4/c1-3-5-7-14(8-6-4-2)12(18)13-10(9-15)11(16)17/h10,15H,3-9H2,1-2H3,(H,13,18)(H,16,17)/t10-/m1/s1. The number of carboxylic acids is 1.